The van der Waals surface area contributed by atoms with Crippen molar-refractivity contribution in [2.45, 2.75) is 6.54 Å². The molecule has 0 saturated heterocycles. The fourth-order valence-corrected chi connectivity index (χ4v) is 2.88. The third-order valence-corrected chi connectivity index (χ3v) is 4.00. The third-order valence-electron chi connectivity index (χ3n) is 2.95. The van der Waals surface area contributed by atoms with Crippen LogP contribution in [-0.4, -0.2) is 20.6 Å². The molecule has 1 aromatic carbocycles. The van der Waals surface area contributed by atoms with Gasteiger partial charge in [0.15, 0.2) is 0 Å². The van der Waals surface area contributed by atoms with Crippen molar-refractivity contribution in [2.75, 3.05) is 0 Å². The van der Waals surface area contributed by atoms with Gasteiger partial charge in [0, 0.05) is 22.8 Å². The summed E-state index contributed by atoms with van der Waals surface area (Å²) >= 11 is 1.29. The molecule has 0 aliphatic rings. The molecule has 1 N–H and O–H groups in total. The second kappa shape index (κ2) is 5.30. The van der Waals surface area contributed by atoms with Gasteiger partial charge in [0.05, 0.1) is 6.54 Å². The summed E-state index contributed by atoms with van der Waals surface area (Å²) in [6, 6.07) is 13.4. The number of aromatic carboxylic acids is 1. The number of carboxylic acid groups (broad SMARTS) is 1. The van der Waals surface area contributed by atoms with E-state index in [1.807, 2.05) is 47.2 Å². The molecule has 0 fully saturated rings. The summed E-state index contributed by atoms with van der Waals surface area (Å²) in [6.45, 7) is 0.627. The predicted molar refractivity (Wildman–Crippen MR) is 78.0 cm³/mol. The lowest BCUT2D eigenvalue weighted by molar-refractivity contribution is 0.0702. The molecule has 3 aromatic rings. The highest BCUT2D eigenvalue weighted by Gasteiger charge is 2.10. The minimum absolute atomic E-state index is 0.362. The van der Waals surface area contributed by atoms with Gasteiger partial charge in [-0.15, -0.1) is 11.3 Å². The number of benzene rings is 1. The van der Waals surface area contributed by atoms with Crippen molar-refractivity contribution < 1.29 is 9.90 Å². The molecule has 20 heavy (non-hydrogen) atoms. The maximum absolute atomic E-state index is 10.9. The van der Waals surface area contributed by atoms with Gasteiger partial charge in [0.1, 0.15) is 10.7 Å². The van der Waals surface area contributed by atoms with Gasteiger partial charge in [0.25, 0.3) is 0 Å². The molecule has 0 unspecified atom stereocenters. The number of carbonyl (C=O) groups is 1. The first-order valence-corrected chi connectivity index (χ1v) is 6.94. The summed E-state index contributed by atoms with van der Waals surface area (Å²) in [5.41, 5.74) is 1.05. The highest BCUT2D eigenvalue weighted by atomic mass is 32.1. The van der Waals surface area contributed by atoms with Crippen molar-refractivity contribution in [3.63, 3.8) is 0 Å². The number of rotatable bonds is 4. The molecule has 0 amide bonds. The monoisotopic (exact) mass is 284 g/mol. The molecule has 0 aliphatic carbocycles. The average Bonchev–Trinajstić information content (AvgIpc) is 3.09. The molecule has 4 nitrogen and oxygen atoms in total. The number of imidazole rings is 1. The largest absolute Gasteiger partial charge is 0.477 e. The van der Waals surface area contributed by atoms with Crippen LogP contribution in [-0.2, 0) is 6.54 Å². The van der Waals surface area contributed by atoms with E-state index < -0.39 is 5.97 Å². The normalized spacial score (nSPS) is 10.6. The van der Waals surface area contributed by atoms with E-state index >= 15 is 0 Å². The molecule has 0 spiro atoms. The topological polar surface area (TPSA) is 55.1 Å². The Morgan fingerprint density at radius 3 is 2.70 bits per heavy atom. The molecule has 2 heterocycles. The van der Waals surface area contributed by atoms with Crippen molar-refractivity contribution in [3.05, 3.63) is 64.6 Å². The summed E-state index contributed by atoms with van der Waals surface area (Å²) in [5, 5.41) is 8.95. The lowest BCUT2D eigenvalue weighted by atomic mass is 10.2. The minimum atomic E-state index is -0.879. The van der Waals surface area contributed by atoms with E-state index in [0.29, 0.717) is 11.4 Å². The van der Waals surface area contributed by atoms with Crippen molar-refractivity contribution in [1.29, 1.82) is 0 Å². The Hall–Kier alpha value is -2.40. The van der Waals surface area contributed by atoms with Crippen LogP contribution < -0.4 is 0 Å². The van der Waals surface area contributed by atoms with E-state index in [-0.39, 0.29) is 0 Å². The molecule has 2 aromatic heterocycles. The fourth-order valence-electron chi connectivity index (χ4n) is 2.03. The van der Waals surface area contributed by atoms with Crippen LogP contribution in [0.15, 0.2) is 54.9 Å². The van der Waals surface area contributed by atoms with Gasteiger partial charge in [-0.3, -0.25) is 0 Å². The summed E-state index contributed by atoms with van der Waals surface area (Å²) in [6.07, 6.45) is 3.66. The number of nitrogens with zero attached hydrogens (tertiary/aromatic N) is 2. The maximum Gasteiger partial charge on any atom is 0.345 e. The number of carboxylic acids is 1. The lowest BCUT2D eigenvalue weighted by Gasteiger charge is -2.06. The van der Waals surface area contributed by atoms with Gasteiger partial charge in [-0.05, 0) is 12.1 Å². The lowest BCUT2D eigenvalue weighted by Crippen LogP contribution is -1.99. The molecule has 0 aliphatic heterocycles. The molecule has 0 radical (unpaired) electrons. The van der Waals surface area contributed by atoms with E-state index in [1.54, 1.807) is 12.3 Å². The summed E-state index contributed by atoms with van der Waals surface area (Å²) < 4.78 is 2.02. The number of thiophene rings is 1. The highest BCUT2D eigenvalue weighted by Crippen LogP contribution is 2.21. The zero-order valence-electron chi connectivity index (χ0n) is 10.6. The van der Waals surface area contributed by atoms with E-state index in [4.69, 9.17) is 5.11 Å². The average molecular weight is 284 g/mol. The zero-order chi connectivity index (χ0) is 13.9. The first-order chi connectivity index (χ1) is 9.74. The maximum atomic E-state index is 10.9. The SMILES string of the molecule is O=C(O)c1ccc(Cn2ccnc2-c2ccccc2)s1. The Balaban J connectivity index is 1.88. The van der Waals surface area contributed by atoms with Gasteiger partial charge >= 0.3 is 5.97 Å². The van der Waals surface area contributed by atoms with Crippen LogP contribution in [0.25, 0.3) is 11.4 Å². The van der Waals surface area contributed by atoms with Crippen LogP contribution in [0, 0.1) is 0 Å². The van der Waals surface area contributed by atoms with E-state index in [9.17, 15) is 4.79 Å². The van der Waals surface area contributed by atoms with Crippen molar-refractivity contribution in [3.8, 4) is 11.4 Å². The van der Waals surface area contributed by atoms with Crippen LogP contribution >= 0.6 is 11.3 Å². The highest BCUT2D eigenvalue weighted by molar-refractivity contribution is 7.13. The quantitative estimate of drug-likeness (QED) is 0.799. The van der Waals surface area contributed by atoms with E-state index in [0.717, 1.165) is 16.3 Å². The summed E-state index contributed by atoms with van der Waals surface area (Å²) in [4.78, 5) is 16.6. The Labute approximate surface area is 120 Å². The standard InChI is InChI=1S/C15H12N2O2S/c18-15(19)13-7-6-12(20-13)10-17-9-8-16-14(17)11-4-2-1-3-5-11/h1-9H,10H2,(H,18,19). The van der Waals surface area contributed by atoms with E-state index in [1.165, 1.54) is 11.3 Å². The van der Waals surface area contributed by atoms with Crippen LogP contribution in [0.5, 0.6) is 0 Å². The Kier molecular flexibility index (Phi) is 3.35. The van der Waals surface area contributed by atoms with Gasteiger partial charge in [-0.25, -0.2) is 9.78 Å². The number of hydrogen-bond acceptors (Lipinski definition) is 3. The van der Waals surface area contributed by atoms with Crippen LogP contribution in [0.4, 0.5) is 0 Å². The minimum Gasteiger partial charge on any atom is -0.477 e. The molecule has 5 heteroatoms. The molecule has 0 atom stereocenters. The van der Waals surface area contributed by atoms with Gasteiger partial charge in [0.2, 0.25) is 0 Å². The Bertz CT molecular complexity index is 731. The van der Waals surface area contributed by atoms with Crippen molar-refractivity contribution in [2.24, 2.45) is 0 Å². The van der Waals surface area contributed by atoms with Gasteiger partial charge in [-0.1, -0.05) is 30.3 Å². The fraction of sp³-hybridized carbons (Fsp3) is 0.0667. The Morgan fingerprint density at radius 2 is 2.00 bits per heavy atom. The number of aromatic nitrogens is 2. The predicted octanol–water partition coefficient (Wildman–Crippen LogP) is 3.36. The van der Waals surface area contributed by atoms with Crippen LogP contribution in [0.2, 0.25) is 0 Å². The van der Waals surface area contributed by atoms with Crippen molar-refractivity contribution >= 4 is 17.3 Å². The summed E-state index contributed by atoms with van der Waals surface area (Å²) in [7, 11) is 0. The molecule has 100 valence electrons. The third kappa shape index (κ3) is 2.48. The first-order valence-electron chi connectivity index (χ1n) is 6.12. The van der Waals surface area contributed by atoms with Crippen LogP contribution in [0.3, 0.4) is 0 Å². The van der Waals surface area contributed by atoms with Gasteiger partial charge < -0.3 is 9.67 Å². The second-order valence-corrected chi connectivity index (χ2v) is 5.48. The van der Waals surface area contributed by atoms with Gasteiger partial charge in [-0.2, -0.15) is 0 Å². The smallest absolute Gasteiger partial charge is 0.345 e. The summed E-state index contributed by atoms with van der Waals surface area (Å²) in [5.74, 6) is 0.00559. The molecule has 0 saturated carbocycles. The van der Waals surface area contributed by atoms with Crippen LogP contribution in [0.1, 0.15) is 14.5 Å². The molecule has 0 bridgehead atoms. The molecular formula is C15H12N2O2S. The zero-order valence-corrected chi connectivity index (χ0v) is 11.4. The Morgan fingerprint density at radius 1 is 1.20 bits per heavy atom. The molecule has 3 rings (SSSR count). The second-order valence-electron chi connectivity index (χ2n) is 4.32. The van der Waals surface area contributed by atoms with E-state index in [2.05, 4.69) is 4.98 Å². The number of hydrogen-bond donors (Lipinski definition) is 1. The molecular weight excluding hydrogens is 272 g/mol. The van der Waals surface area contributed by atoms with Crippen molar-refractivity contribution in [1.82, 2.24) is 9.55 Å². The first kappa shape index (κ1) is 12.6.